The number of morpholine rings is 1. The fraction of sp³-hybridized carbons (Fsp3) is 0.684. The third-order valence-corrected chi connectivity index (χ3v) is 9.33. The number of sulfone groups is 2. The van der Waals surface area contributed by atoms with Gasteiger partial charge in [0.1, 0.15) is 5.75 Å². The van der Waals surface area contributed by atoms with Crippen LogP contribution < -0.4 is 10.1 Å². The minimum Gasteiger partial charge on any atom is -0.491 e. The van der Waals surface area contributed by atoms with E-state index in [0.29, 0.717) is 25.5 Å². The van der Waals surface area contributed by atoms with Gasteiger partial charge in [-0.1, -0.05) is 0 Å². The first kappa shape index (κ1) is 22.5. The van der Waals surface area contributed by atoms with Gasteiger partial charge in [-0.25, -0.2) is 16.8 Å². The highest BCUT2D eigenvalue weighted by atomic mass is 32.2. The van der Waals surface area contributed by atoms with Crippen molar-refractivity contribution in [2.45, 2.75) is 36.1 Å². The van der Waals surface area contributed by atoms with Crippen molar-refractivity contribution in [1.82, 2.24) is 10.2 Å². The van der Waals surface area contributed by atoms with Crippen LogP contribution in [-0.4, -0.2) is 90.0 Å². The second-order valence-corrected chi connectivity index (χ2v) is 12.1. The summed E-state index contributed by atoms with van der Waals surface area (Å²) in [4.78, 5) is 2.34. The van der Waals surface area contributed by atoms with Crippen LogP contribution in [0.25, 0.3) is 0 Å². The summed E-state index contributed by atoms with van der Waals surface area (Å²) < 4.78 is 61.6. The smallest absolute Gasteiger partial charge is 0.183 e. The largest absolute Gasteiger partial charge is 0.491 e. The van der Waals surface area contributed by atoms with Gasteiger partial charge in [0.15, 0.2) is 19.7 Å². The van der Waals surface area contributed by atoms with Crippen molar-refractivity contribution in [1.29, 1.82) is 0 Å². The molecule has 0 aliphatic carbocycles. The zero-order chi connectivity index (χ0) is 21.1. The van der Waals surface area contributed by atoms with Gasteiger partial charge in [0.05, 0.1) is 41.0 Å². The molecule has 2 aliphatic rings. The normalized spacial score (nSPS) is 25.3. The van der Waals surface area contributed by atoms with Gasteiger partial charge in [-0.2, -0.15) is 0 Å². The SMILES string of the molecule is CC(C)Oc1ccc(S(=O)(=O)[C@H]2CS(=O)(=O)C[C@@H]2NCCN2CCOCC2)cc1. The molecule has 164 valence electrons. The van der Waals surface area contributed by atoms with E-state index in [-0.39, 0.29) is 22.5 Å². The number of ether oxygens (including phenoxy) is 2. The van der Waals surface area contributed by atoms with E-state index < -0.39 is 31.0 Å². The fourth-order valence-electron chi connectivity index (χ4n) is 3.70. The van der Waals surface area contributed by atoms with E-state index in [9.17, 15) is 16.8 Å². The van der Waals surface area contributed by atoms with E-state index >= 15 is 0 Å². The van der Waals surface area contributed by atoms with E-state index in [1.54, 1.807) is 12.1 Å². The molecule has 0 aromatic heterocycles. The first-order chi connectivity index (χ1) is 13.7. The van der Waals surface area contributed by atoms with Crippen molar-refractivity contribution in [3.05, 3.63) is 24.3 Å². The molecule has 10 heteroatoms. The van der Waals surface area contributed by atoms with Gasteiger partial charge in [0.25, 0.3) is 0 Å². The first-order valence-corrected chi connectivity index (χ1v) is 13.3. The second-order valence-electron chi connectivity index (χ2n) is 7.81. The van der Waals surface area contributed by atoms with Crippen molar-refractivity contribution in [3.8, 4) is 5.75 Å². The molecule has 0 saturated carbocycles. The van der Waals surface area contributed by atoms with Gasteiger partial charge in [-0.3, -0.25) is 4.90 Å². The molecule has 1 aromatic rings. The summed E-state index contributed by atoms with van der Waals surface area (Å²) in [6.45, 7) is 8.08. The summed E-state index contributed by atoms with van der Waals surface area (Å²) in [5.74, 6) is 0.0711. The number of hydrogen-bond donors (Lipinski definition) is 1. The van der Waals surface area contributed by atoms with Crippen molar-refractivity contribution >= 4 is 19.7 Å². The minimum atomic E-state index is -3.79. The predicted molar refractivity (Wildman–Crippen MR) is 111 cm³/mol. The number of hydrogen-bond acceptors (Lipinski definition) is 8. The van der Waals surface area contributed by atoms with Crippen molar-refractivity contribution in [2.24, 2.45) is 0 Å². The molecule has 8 nitrogen and oxygen atoms in total. The van der Waals surface area contributed by atoms with Gasteiger partial charge in [-0.05, 0) is 38.1 Å². The van der Waals surface area contributed by atoms with E-state index in [4.69, 9.17) is 9.47 Å². The van der Waals surface area contributed by atoms with Crippen LogP contribution in [0.5, 0.6) is 5.75 Å². The Labute approximate surface area is 173 Å². The van der Waals surface area contributed by atoms with E-state index in [0.717, 1.165) is 19.6 Å². The zero-order valence-corrected chi connectivity index (χ0v) is 18.5. The van der Waals surface area contributed by atoms with E-state index in [2.05, 4.69) is 10.2 Å². The van der Waals surface area contributed by atoms with Gasteiger partial charge >= 0.3 is 0 Å². The number of rotatable bonds is 8. The molecule has 29 heavy (non-hydrogen) atoms. The number of nitrogens with one attached hydrogen (secondary N) is 1. The molecule has 0 spiro atoms. The molecule has 2 aliphatic heterocycles. The molecule has 0 bridgehead atoms. The Morgan fingerprint density at radius 2 is 1.83 bits per heavy atom. The van der Waals surface area contributed by atoms with Crippen molar-refractivity contribution < 1.29 is 26.3 Å². The van der Waals surface area contributed by atoms with Crippen molar-refractivity contribution in [3.63, 3.8) is 0 Å². The maximum absolute atomic E-state index is 13.2. The summed E-state index contributed by atoms with van der Waals surface area (Å²) in [5.41, 5.74) is 0. The lowest BCUT2D eigenvalue weighted by Crippen LogP contribution is -2.47. The molecule has 2 saturated heterocycles. The summed E-state index contributed by atoms with van der Waals surface area (Å²) in [6.07, 6.45) is -0.0162. The topological polar surface area (TPSA) is 102 Å². The minimum absolute atomic E-state index is 0.0162. The molecule has 3 rings (SSSR count). The third-order valence-electron chi connectivity index (χ3n) is 5.16. The summed E-state index contributed by atoms with van der Waals surface area (Å²) >= 11 is 0. The fourth-order valence-corrected chi connectivity index (χ4v) is 8.42. The average Bonchev–Trinajstić information content (AvgIpc) is 2.98. The van der Waals surface area contributed by atoms with Crippen LogP contribution in [-0.2, 0) is 24.4 Å². The lowest BCUT2D eigenvalue weighted by molar-refractivity contribution is 0.0382. The zero-order valence-electron chi connectivity index (χ0n) is 16.9. The maximum atomic E-state index is 13.2. The Kier molecular flexibility index (Phi) is 7.21. The lowest BCUT2D eigenvalue weighted by atomic mass is 10.2. The van der Waals surface area contributed by atoms with Gasteiger partial charge in [0.2, 0.25) is 0 Å². The van der Waals surface area contributed by atoms with Crippen molar-refractivity contribution in [2.75, 3.05) is 50.9 Å². The maximum Gasteiger partial charge on any atom is 0.183 e. The van der Waals surface area contributed by atoms with Crippen LogP contribution >= 0.6 is 0 Å². The standard InChI is InChI=1S/C19H30N2O6S2/c1-15(2)27-16-3-5-17(6-4-16)29(24,25)19-14-28(22,23)13-18(19)20-7-8-21-9-11-26-12-10-21/h3-6,15,18-20H,7-14H2,1-2H3/t18-,19-/m0/s1. The van der Waals surface area contributed by atoms with E-state index in [1.807, 2.05) is 13.8 Å². The molecule has 2 heterocycles. The molecule has 0 amide bonds. The van der Waals surface area contributed by atoms with Crippen LogP contribution in [0.15, 0.2) is 29.2 Å². The highest BCUT2D eigenvalue weighted by Crippen LogP contribution is 2.27. The molecule has 0 radical (unpaired) electrons. The monoisotopic (exact) mass is 446 g/mol. The lowest BCUT2D eigenvalue weighted by Gasteiger charge is -2.27. The Balaban J connectivity index is 1.69. The molecule has 0 unspecified atom stereocenters. The molecule has 1 aromatic carbocycles. The van der Waals surface area contributed by atoms with E-state index in [1.165, 1.54) is 12.1 Å². The quantitative estimate of drug-likeness (QED) is 0.610. The Morgan fingerprint density at radius 3 is 2.45 bits per heavy atom. The third kappa shape index (κ3) is 5.91. The number of benzene rings is 1. The van der Waals surface area contributed by atoms with Crippen LogP contribution in [0.4, 0.5) is 0 Å². The van der Waals surface area contributed by atoms with Gasteiger partial charge in [0, 0.05) is 32.2 Å². The predicted octanol–water partition coefficient (Wildman–Crippen LogP) is 0.335. The Morgan fingerprint density at radius 1 is 1.17 bits per heavy atom. The van der Waals surface area contributed by atoms with Crippen LogP contribution in [0.2, 0.25) is 0 Å². The molecular weight excluding hydrogens is 416 g/mol. The summed E-state index contributed by atoms with van der Waals surface area (Å²) in [5, 5.41) is 2.19. The highest BCUT2D eigenvalue weighted by Gasteiger charge is 2.45. The van der Waals surface area contributed by atoms with Crippen LogP contribution in [0, 0.1) is 0 Å². The summed E-state index contributed by atoms with van der Waals surface area (Å²) in [6, 6.07) is 5.58. The molecule has 2 fully saturated rings. The number of nitrogens with zero attached hydrogens (tertiary/aromatic N) is 1. The van der Waals surface area contributed by atoms with Crippen LogP contribution in [0.1, 0.15) is 13.8 Å². The first-order valence-electron chi connectivity index (χ1n) is 9.92. The molecular formula is C19H30N2O6S2. The highest BCUT2D eigenvalue weighted by molar-refractivity contribution is 7.96. The average molecular weight is 447 g/mol. The molecule has 2 atom stereocenters. The van der Waals surface area contributed by atoms with Gasteiger partial charge < -0.3 is 14.8 Å². The summed E-state index contributed by atoms with van der Waals surface area (Å²) in [7, 11) is -7.21. The van der Waals surface area contributed by atoms with Crippen LogP contribution in [0.3, 0.4) is 0 Å². The Bertz CT molecular complexity index is 878. The Hall–Kier alpha value is -1.20. The van der Waals surface area contributed by atoms with Gasteiger partial charge in [-0.15, -0.1) is 0 Å². The molecule has 1 N–H and O–H groups in total. The second kappa shape index (κ2) is 9.30.